The van der Waals surface area contributed by atoms with Crippen molar-refractivity contribution in [1.29, 1.82) is 0 Å². The van der Waals surface area contributed by atoms with E-state index in [1.807, 2.05) is 17.5 Å². The highest BCUT2D eigenvalue weighted by molar-refractivity contribution is 8.00. The minimum absolute atomic E-state index is 0.241. The summed E-state index contributed by atoms with van der Waals surface area (Å²) in [7, 11) is 0. The van der Waals surface area contributed by atoms with Crippen LogP contribution in [0.3, 0.4) is 0 Å². The summed E-state index contributed by atoms with van der Waals surface area (Å²) >= 11 is 16.6. The lowest BCUT2D eigenvalue weighted by Gasteiger charge is -2.04. The van der Waals surface area contributed by atoms with Gasteiger partial charge in [-0.3, -0.25) is 10.1 Å². The summed E-state index contributed by atoms with van der Waals surface area (Å²) in [6.07, 6.45) is 3.24. The van der Waals surface area contributed by atoms with Crippen LogP contribution in [0.15, 0.2) is 46.1 Å². The first-order chi connectivity index (χ1) is 12.1. The molecule has 1 amide bonds. The lowest BCUT2D eigenvalue weighted by molar-refractivity contribution is -0.111. The third-order valence-corrected chi connectivity index (χ3v) is 6.52. The van der Waals surface area contributed by atoms with Crippen LogP contribution in [0.1, 0.15) is 10.4 Å². The lowest BCUT2D eigenvalue weighted by atomic mass is 10.2. The molecule has 25 heavy (non-hydrogen) atoms. The minimum atomic E-state index is -0.241. The van der Waals surface area contributed by atoms with Crippen molar-refractivity contribution in [1.82, 2.24) is 10.2 Å². The van der Waals surface area contributed by atoms with Crippen LogP contribution >= 0.6 is 57.6 Å². The maximum absolute atomic E-state index is 11.9. The zero-order valence-corrected chi connectivity index (χ0v) is 16.6. The molecule has 0 bridgehead atoms. The van der Waals surface area contributed by atoms with E-state index in [1.165, 1.54) is 29.2 Å². The van der Waals surface area contributed by atoms with E-state index in [0.717, 1.165) is 14.8 Å². The average Bonchev–Trinajstić information content (AvgIpc) is 3.24. The highest BCUT2D eigenvalue weighted by Gasteiger charge is 2.10. The predicted octanol–water partition coefficient (Wildman–Crippen LogP) is 5.85. The summed E-state index contributed by atoms with van der Waals surface area (Å²) in [5, 5.41) is 14.4. The van der Waals surface area contributed by atoms with E-state index in [4.69, 9.17) is 23.2 Å². The Bertz CT molecular complexity index is 874. The van der Waals surface area contributed by atoms with Gasteiger partial charge in [0.25, 0.3) is 0 Å². The Labute approximate surface area is 166 Å². The van der Waals surface area contributed by atoms with Crippen molar-refractivity contribution in [3.05, 3.63) is 62.3 Å². The number of carbonyl (C=O) groups is 1. The van der Waals surface area contributed by atoms with Gasteiger partial charge in [-0.2, -0.15) is 0 Å². The second-order valence-corrected chi connectivity index (χ2v) is 8.69. The average molecular weight is 428 g/mol. The van der Waals surface area contributed by atoms with Crippen molar-refractivity contribution in [3.8, 4) is 0 Å². The van der Waals surface area contributed by atoms with E-state index in [1.54, 1.807) is 35.6 Å². The third-order valence-electron chi connectivity index (χ3n) is 2.98. The van der Waals surface area contributed by atoms with Crippen molar-refractivity contribution < 1.29 is 4.79 Å². The van der Waals surface area contributed by atoms with Crippen molar-refractivity contribution in [3.63, 3.8) is 0 Å². The topological polar surface area (TPSA) is 54.9 Å². The molecule has 128 valence electrons. The smallest absolute Gasteiger partial charge is 0.250 e. The Morgan fingerprint density at radius 1 is 1.20 bits per heavy atom. The molecule has 0 spiro atoms. The number of carbonyl (C=O) groups excluding carboxylic acids is 1. The monoisotopic (exact) mass is 427 g/mol. The largest absolute Gasteiger partial charge is 0.297 e. The maximum atomic E-state index is 11.9. The van der Waals surface area contributed by atoms with Crippen LogP contribution in [0.2, 0.25) is 10.0 Å². The maximum Gasteiger partial charge on any atom is 0.250 e. The van der Waals surface area contributed by atoms with Crippen molar-refractivity contribution in [2.24, 2.45) is 0 Å². The number of thioether (sulfide) groups is 1. The molecule has 0 aliphatic heterocycles. The fourth-order valence-electron chi connectivity index (χ4n) is 1.81. The number of nitrogens with one attached hydrogen (secondary N) is 1. The van der Waals surface area contributed by atoms with Crippen molar-refractivity contribution in [2.75, 3.05) is 5.32 Å². The van der Waals surface area contributed by atoms with Gasteiger partial charge in [-0.1, -0.05) is 58.4 Å². The van der Waals surface area contributed by atoms with Crippen molar-refractivity contribution in [2.45, 2.75) is 10.1 Å². The van der Waals surface area contributed by atoms with Gasteiger partial charge < -0.3 is 0 Å². The zero-order valence-electron chi connectivity index (χ0n) is 12.6. The number of benzene rings is 1. The molecule has 0 atom stereocenters. The molecule has 2 heterocycles. The molecule has 0 fully saturated rings. The van der Waals surface area contributed by atoms with E-state index in [0.29, 0.717) is 20.9 Å². The predicted molar refractivity (Wildman–Crippen MR) is 108 cm³/mol. The summed E-state index contributed by atoms with van der Waals surface area (Å²) in [6, 6.07) is 9.28. The Hall–Kier alpha value is -1.38. The number of rotatable bonds is 6. The standard InChI is InChI=1S/C16H11Cl2N3OS3/c17-12-4-1-5-13(18)11(12)9-24-16-21-20-15(25-16)19-14(22)7-6-10-3-2-8-23-10/h1-8H,9H2,(H,19,20,22)/b7-6+. The molecule has 1 N–H and O–H groups in total. The molecular weight excluding hydrogens is 417 g/mol. The van der Waals surface area contributed by atoms with E-state index in [9.17, 15) is 4.79 Å². The lowest BCUT2D eigenvalue weighted by Crippen LogP contribution is -2.07. The number of thiophene rings is 1. The van der Waals surface area contributed by atoms with Gasteiger partial charge in [0.1, 0.15) is 0 Å². The molecule has 4 nitrogen and oxygen atoms in total. The zero-order chi connectivity index (χ0) is 17.6. The number of hydrogen-bond acceptors (Lipinski definition) is 6. The first-order valence-corrected chi connectivity index (χ1v) is 10.5. The molecular formula is C16H11Cl2N3OS3. The Morgan fingerprint density at radius 3 is 2.72 bits per heavy atom. The van der Waals surface area contributed by atoms with Crippen LogP contribution in [-0.2, 0) is 10.5 Å². The van der Waals surface area contributed by atoms with Crippen LogP contribution in [0.4, 0.5) is 5.13 Å². The van der Waals surface area contributed by atoms with Gasteiger partial charge >= 0.3 is 0 Å². The molecule has 2 aromatic heterocycles. The molecule has 3 aromatic rings. The Morgan fingerprint density at radius 2 is 2.00 bits per heavy atom. The number of halogens is 2. The summed E-state index contributed by atoms with van der Waals surface area (Å²) in [4.78, 5) is 12.9. The molecule has 0 saturated carbocycles. The summed E-state index contributed by atoms with van der Waals surface area (Å²) in [6.45, 7) is 0. The molecule has 1 aromatic carbocycles. The fraction of sp³-hybridized carbons (Fsp3) is 0.0625. The van der Waals surface area contributed by atoms with Gasteiger partial charge in [0.05, 0.1) is 0 Å². The van der Waals surface area contributed by atoms with Crippen LogP contribution in [0.5, 0.6) is 0 Å². The van der Waals surface area contributed by atoms with Crippen LogP contribution in [-0.4, -0.2) is 16.1 Å². The summed E-state index contributed by atoms with van der Waals surface area (Å²) < 4.78 is 0.730. The molecule has 0 unspecified atom stereocenters. The molecule has 0 radical (unpaired) electrons. The molecule has 0 saturated heterocycles. The van der Waals surface area contributed by atoms with E-state index < -0.39 is 0 Å². The van der Waals surface area contributed by atoms with Gasteiger partial charge in [0.15, 0.2) is 4.34 Å². The number of amides is 1. The number of hydrogen-bond donors (Lipinski definition) is 1. The van der Waals surface area contributed by atoms with E-state index in [-0.39, 0.29) is 5.91 Å². The first-order valence-electron chi connectivity index (χ1n) is 7.03. The highest BCUT2D eigenvalue weighted by Crippen LogP contribution is 2.33. The molecule has 3 rings (SSSR count). The fourth-order valence-corrected chi connectivity index (χ4v) is 4.93. The van der Waals surface area contributed by atoms with Gasteiger partial charge in [-0.15, -0.1) is 21.5 Å². The van der Waals surface area contributed by atoms with Gasteiger partial charge in [-0.25, -0.2) is 0 Å². The number of anilines is 1. The minimum Gasteiger partial charge on any atom is -0.297 e. The third kappa shape index (κ3) is 5.29. The quantitative estimate of drug-likeness (QED) is 0.304. The number of aromatic nitrogens is 2. The normalized spacial score (nSPS) is 11.1. The number of nitrogens with zero attached hydrogens (tertiary/aromatic N) is 2. The Kier molecular flexibility index (Phi) is 6.50. The molecule has 9 heteroatoms. The summed E-state index contributed by atoms with van der Waals surface area (Å²) in [5.41, 5.74) is 0.857. The summed E-state index contributed by atoms with van der Waals surface area (Å²) in [5.74, 6) is 0.342. The Balaban J connectivity index is 1.56. The van der Waals surface area contributed by atoms with E-state index in [2.05, 4.69) is 15.5 Å². The molecule has 0 aliphatic carbocycles. The van der Waals surface area contributed by atoms with Gasteiger partial charge in [0, 0.05) is 26.8 Å². The highest BCUT2D eigenvalue weighted by atomic mass is 35.5. The van der Waals surface area contributed by atoms with Gasteiger partial charge in [0.2, 0.25) is 11.0 Å². The first kappa shape index (κ1) is 18.4. The second-order valence-electron chi connectivity index (χ2n) is 4.70. The second kappa shape index (κ2) is 8.82. The van der Waals surface area contributed by atoms with Crippen LogP contribution < -0.4 is 5.32 Å². The van der Waals surface area contributed by atoms with Crippen LogP contribution in [0, 0.1) is 0 Å². The SMILES string of the molecule is O=C(/C=C/c1cccs1)Nc1nnc(SCc2c(Cl)cccc2Cl)s1. The van der Waals surface area contributed by atoms with E-state index >= 15 is 0 Å². The molecule has 0 aliphatic rings. The van der Waals surface area contributed by atoms with Crippen LogP contribution in [0.25, 0.3) is 6.08 Å². The van der Waals surface area contributed by atoms with Gasteiger partial charge in [-0.05, 0) is 35.2 Å². The van der Waals surface area contributed by atoms with Crippen molar-refractivity contribution >= 4 is 74.8 Å².